The van der Waals surface area contributed by atoms with Crippen LogP contribution in [0.5, 0.6) is 0 Å². The number of hydrogen-bond donors (Lipinski definition) is 2. The van der Waals surface area contributed by atoms with E-state index in [1.807, 2.05) is 0 Å². The predicted molar refractivity (Wildman–Crippen MR) is 79.9 cm³/mol. The molecule has 0 amide bonds. The summed E-state index contributed by atoms with van der Waals surface area (Å²) in [4.78, 5) is 11.1. The molecule has 0 unspecified atom stereocenters. The fourth-order valence-electron chi connectivity index (χ4n) is 2.09. The van der Waals surface area contributed by atoms with E-state index in [2.05, 4.69) is 39.1 Å². The van der Waals surface area contributed by atoms with Gasteiger partial charge in [0.2, 0.25) is 0 Å². The average Bonchev–Trinajstić information content (AvgIpc) is 2.31. The molecule has 106 valence electrons. The molecular formula is C16H25NO2. The van der Waals surface area contributed by atoms with Crippen LogP contribution in [0.2, 0.25) is 0 Å². The molecule has 1 rings (SSSR count). The predicted octanol–water partition coefficient (Wildman–Crippen LogP) is 3.83. The Kier molecular flexibility index (Phi) is 4.61. The van der Waals surface area contributed by atoms with E-state index in [0.717, 1.165) is 5.69 Å². The van der Waals surface area contributed by atoms with E-state index in [1.165, 1.54) is 22.3 Å². The van der Waals surface area contributed by atoms with Gasteiger partial charge in [0.25, 0.3) is 0 Å². The quantitative estimate of drug-likeness (QED) is 0.848. The Morgan fingerprint density at radius 1 is 1.16 bits per heavy atom. The second kappa shape index (κ2) is 5.64. The minimum absolute atomic E-state index is 0.605. The van der Waals surface area contributed by atoms with Crippen molar-refractivity contribution in [3.8, 4) is 0 Å². The third-order valence-electron chi connectivity index (χ3n) is 4.00. The third kappa shape index (κ3) is 3.49. The minimum Gasteiger partial charge on any atom is -0.481 e. The molecule has 19 heavy (non-hydrogen) atoms. The topological polar surface area (TPSA) is 49.3 Å². The zero-order chi connectivity index (χ0) is 14.8. The molecule has 3 nitrogen and oxygen atoms in total. The van der Waals surface area contributed by atoms with Gasteiger partial charge in [0, 0.05) is 12.2 Å². The van der Waals surface area contributed by atoms with Crippen molar-refractivity contribution in [1.29, 1.82) is 0 Å². The van der Waals surface area contributed by atoms with Crippen molar-refractivity contribution in [3.63, 3.8) is 0 Å². The molecule has 1 aromatic rings. The first-order valence-corrected chi connectivity index (χ1v) is 6.71. The number of hydrogen-bond acceptors (Lipinski definition) is 2. The number of benzene rings is 1. The minimum atomic E-state index is -0.747. The summed E-state index contributed by atoms with van der Waals surface area (Å²) in [6, 6.07) is 2.19. The molecule has 0 atom stereocenters. The van der Waals surface area contributed by atoms with Crippen LogP contribution in [0.4, 0.5) is 5.69 Å². The van der Waals surface area contributed by atoms with Gasteiger partial charge in [0.05, 0.1) is 5.41 Å². The zero-order valence-electron chi connectivity index (χ0n) is 12.8. The number of nitrogens with one attached hydrogen (secondary N) is 1. The summed E-state index contributed by atoms with van der Waals surface area (Å²) in [6.07, 6.45) is 0.605. The largest absolute Gasteiger partial charge is 0.481 e. The lowest BCUT2D eigenvalue weighted by atomic mass is 9.89. The van der Waals surface area contributed by atoms with Crippen LogP contribution in [0.15, 0.2) is 6.07 Å². The molecule has 0 bridgehead atoms. The molecule has 0 saturated heterocycles. The molecule has 0 aliphatic heterocycles. The van der Waals surface area contributed by atoms with Crippen LogP contribution in [0, 0.1) is 33.1 Å². The summed E-state index contributed by atoms with van der Waals surface area (Å²) in [5, 5.41) is 12.5. The summed E-state index contributed by atoms with van der Waals surface area (Å²) in [6.45, 7) is 12.6. The Morgan fingerprint density at radius 3 is 2.05 bits per heavy atom. The summed E-state index contributed by atoms with van der Waals surface area (Å²) < 4.78 is 0. The highest BCUT2D eigenvalue weighted by Crippen LogP contribution is 2.27. The summed E-state index contributed by atoms with van der Waals surface area (Å²) >= 11 is 0. The van der Waals surface area contributed by atoms with E-state index in [9.17, 15) is 4.79 Å². The van der Waals surface area contributed by atoms with Crippen molar-refractivity contribution < 1.29 is 9.90 Å². The maximum Gasteiger partial charge on any atom is 0.309 e. The fraction of sp³-hybridized carbons (Fsp3) is 0.562. The summed E-state index contributed by atoms with van der Waals surface area (Å²) in [5.41, 5.74) is 5.49. The van der Waals surface area contributed by atoms with Crippen molar-refractivity contribution >= 4 is 11.7 Å². The molecule has 0 radical (unpaired) electrons. The van der Waals surface area contributed by atoms with E-state index in [1.54, 1.807) is 13.8 Å². The maximum absolute atomic E-state index is 11.1. The van der Waals surface area contributed by atoms with Crippen molar-refractivity contribution in [2.24, 2.45) is 5.41 Å². The van der Waals surface area contributed by atoms with Crippen molar-refractivity contribution in [2.45, 2.75) is 48.0 Å². The second-order valence-electron chi connectivity index (χ2n) is 6.00. The second-order valence-corrected chi connectivity index (χ2v) is 6.00. The van der Waals surface area contributed by atoms with Gasteiger partial charge < -0.3 is 10.4 Å². The smallest absolute Gasteiger partial charge is 0.309 e. The Bertz CT molecular complexity index is 464. The molecular weight excluding hydrogens is 238 g/mol. The van der Waals surface area contributed by atoms with Gasteiger partial charge in [-0.15, -0.1) is 0 Å². The molecule has 0 aliphatic carbocycles. The van der Waals surface area contributed by atoms with E-state index in [4.69, 9.17) is 5.11 Å². The van der Waals surface area contributed by atoms with Gasteiger partial charge in [-0.05, 0) is 70.2 Å². The standard InChI is InChI=1S/C16H25NO2/c1-10-9-11(2)13(4)14(12(10)3)17-8-7-16(5,6)15(18)19/h9,17H,7-8H2,1-6H3,(H,18,19). The first-order chi connectivity index (χ1) is 8.66. The number of carboxylic acids is 1. The van der Waals surface area contributed by atoms with Crippen molar-refractivity contribution in [3.05, 3.63) is 28.3 Å². The first-order valence-electron chi connectivity index (χ1n) is 6.71. The van der Waals surface area contributed by atoms with Crippen LogP contribution in [0.25, 0.3) is 0 Å². The van der Waals surface area contributed by atoms with Crippen molar-refractivity contribution in [2.75, 3.05) is 11.9 Å². The van der Waals surface area contributed by atoms with Crippen LogP contribution in [-0.2, 0) is 4.79 Å². The fourth-order valence-corrected chi connectivity index (χ4v) is 2.09. The lowest BCUT2D eigenvalue weighted by Gasteiger charge is -2.22. The molecule has 0 heterocycles. The van der Waals surface area contributed by atoms with Gasteiger partial charge in [-0.1, -0.05) is 6.07 Å². The van der Waals surface area contributed by atoms with Gasteiger partial charge in [0.1, 0.15) is 0 Å². The SMILES string of the molecule is Cc1cc(C)c(C)c(NCCC(C)(C)C(=O)O)c1C. The lowest BCUT2D eigenvalue weighted by Crippen LogP contribution is -2.26. The number of aryl methyl sites for hydroxylation is 2. The highest BCUT2D eigenvalue weighted by atomic mass is 16.4. The lowest BCUT2D eigenvalue weighted by molar-refractivity contribution is -0.147. The molecule has 0 saturated carbocycles. The Morgan fingerprint density at radius 2 is 1.63 bits per heavy atom. The van der Waals surface area contributed by atoms with Gasteiger partial charge >= 0.3 is 5.97 Å². The van der Waals surface area contributed by atoms with E-state index in [0.29, 0.717) is 13.0 Å². The van der Waals surface area contributed by atoms with Crippen LogP contribution < -0.4 is 5.32 Å². The normalized spacial score (nSPS) is 11.5. The third-order valence-corrected chi connectivity index (χ3v) is 4.00. The summed E-state index contributed by atoms with van der Waals surface area (Å²) in [7, 11) is 0. The molecule has 2 N–H and O–H groups in total. The number of aliphatic carboxylic acids is 1. The van der Waals surface area contributed by atoms with Gasteiger partial charge in [0.15, 0.2) is 0 Å². The number of rotatable bonds is 5. The number of carbonyl (C=O) groups is 1. The Balaban J connectivity index is 2.82. The Labute approximate surface area is 116 Å². The van der Waals surface area contributed by atoms with Crippen LogP contribution >= 0.6 is 0 Å². The van der Waals surface area contributed by atoms with E-state index < -0.39 is 11.4 Å². The van der Waals surface area contributed by atoms with Gasteiger partial charge in [-0.25, -0.2) is 0 Å². The molecule has 1 aromatic carbocycles. The van der Waals surface area contributed by atoms with E-state index >= 15 is 0 Å². The van der Waals surface area contributed by atoms with Crippen LogP contribution in [-0.4, -0.2) is 17.6 Å². The average molecular weight is 263 g/mol. The van der Waals surface area contributed by atoms with Crippen LogP contribution in [0.1, 0.15) is 42.5 Å². The molecule has 3 heteroatoms. The number of anilines is 1. The van der Waals surface area contributed by atoms with Gasteiger partial charge in [-0.3, -0.25) is 4.79 Å². The molecule has 0 spiro atoms. The van der Waals surface area contributed by atoms with Gasteiger partial charge in [-0.2, -0.15) is 0 Å². The monoisotopic (exact) mass is 263 g/mol. The zero-order valence-corrected chi connectivity index (χ0v) is 12.8. The number of carboxylic acid groups (broad SMARTS) is 1. The van der Waals surface area contributed by atoms with E-state index in [-0.39, 0.29) is 0 Å². The Hall–Kier alpha value is -1.51. The van der Waals surface area contributed by atoms with Crippen LogP contribution in [0.3, 0.4) is 0 Å². The highest BCUT2D eigenvalue weighted by Gasteiger charge is 2.26. The van der Waals surface area contributed by atoms with Crippen molar-refractivity contribution in [1.82, 2.24) is 0 Å². The molecule has 0 aromatic heterocycles. The molecule has 0 fully saturated rings. The summed E-state index contributed by atoms with van der Waals surface area (Å²) in [5.74, 6) is -0.747. The first kappa shape index (κ1) is 15.5. The molecule has 0 aliphatic rings. The highest BCUT2D eigenvalue weighted by molar-refractivity contribution is 5.73. The maximum atomic E-state index is 11.1.